The van der Waals surface area contributed by atoms with Crippen molar-refractivity contribution in [3.8, 4) is 0 Å². The van der Waals surface area contributed by atoms with Crippen LogP contribution in [0.15, 0.2) is 0 Å². The number of unbranched alkanes of at least 4 members (excludes halogenated alkanes) is 15. The van der Waals surface area contributed by atoms with Gasteiger partial charge in [-0.1, -0.05) is 58.3 Å². The Hall–Kier alpha value is 0.928. The summed E-state index contributed by atoms with van der Waals surface area (Å²) in [5, 5.41) is 0. The van der Waals surface area contributed by atoms with Gasteiger partial charge in [0.15, 0.2) is 0 Å². The van der Waals surface area contributed by atoms with Crippen LogP contribution in [0.5, 0.6) is 0 Å². The van der Waals surface area contributed by atoms with Gasteiger partial charge in [-0.15, -0.1) is 0 Å². The summed E-state index contributed by atoms with van der Waals surface area (Å²) in [5.41, 5.74) is 0. The van der Waals surface area contributed by atoms with Gasteiger partial charge >= 0.3 is 145 Å². The third-order valence-corrected chi connectivity index (χ3v) is 9.44. The molecule has 0 spiro atoms. The molecule has 1 aliphatic carbocycles. The van der Waals surface area contributed by atoms with Crippen LogP contribution in [0.4, 0.5) is 0 Å². The summed E-state index contributed by atoms with van der Waals surface area (Å²) in [6.45, 7) is 3.50. The van der Waals surface area contributed by atoms with Gasteiger partial charge in [0.2, 0.25) is 0 Å². The van der Waals surface area contributed by atoms with Crippen molar-refractivity contribution in [1.29, 1.82) is 0 Å². The van der Waals surface area contributed by atoms with E-state index in [-0.39, 0.29) is 0 Å². The van der Waals surface area contributed by atoms with E-state index in [4.69, 9.17) is 12.2 Å². The molecule has 1 fully saturated rings. The predicted molar refractivity (Wildman–Crippen MR) is 133 cm³/mol. The fourth-order valence-electron chi connectivity index (χ4n) is 4.69. The third kappa shape index (κ3) is 15.4. The normalized spacial score (nSPS) is 14.9. The maximum atomic E-state index is 5.66. The molecule has 171 valence electrons. The van der Waals surface area contributed by atoms with Gasteiger partial charge in [-0.05, 0) is 0 Å². The fraction of sp³-hybridized carbons (Fsp3) is 0.960. The fourth-order valence-corrected chi connectivity index (χ4v) is 5.98. The first-order chi connectivity index (χ1) is 14.3. The Morgan fingerprint density at radius 3 is 1.55 bits per heavy atom. The first kappa shape index (κ1) is 28.0. The third-order valence-electron chi connectivity index (χ3n) is 6.57. The Morgan fingerprint density at radius 1 is 0.724 bits per heavy atom. The van der Waals surface area contributed by atoms with E-state index in [1.54, 1.807) is 9.47 Å². The zero-order chi connectivity index (χ0) is 21.0. The molecule has 0 aromatic carbocycles. The minimum atomic E-state index is 0.738. The van der Waals surface area contributed by atoms with Crippen LogP contribution in [-0.4, -0.2) is 21.8 Å². The van der Waals surface area contributed by atoms with E-state index in [9.17, 15) is 0 Å². The maximum absolute atomic E-state index is 5.66. The monoisotopic (exact) mass is 524 g/mol. The summed E-state index contributed by atoms with van der Waals surface area (Å²) in [6, 6.07) is 0.738. The van der Waals surface area contributed by atoms with E-state index in [0.717, 1.165) is 10.4 Å². The van der Waals surface area contributed by atoms with Gasteiger partial charge in [0.25, 0.3) is 0 Å². The van der Waals surface area contributed by atoms with Gasteiger partial charge in [-0.25, -0.2) is 0 Å². The van der Waals surface area contributed by atoms with Crippen molar-refractivity contribution in [2.24, 2.45) is 0 Å². The Bertz CT molecular complexity index is 372. The number of rotatable bonds is 18. The number of hydrogen-bond acceptors (Lipinski definition) is 2. The van der Waals surface area contributed by atoms with Gasteiger partial charge in [-0.3, -0.25) is 0 Å². The van der Waals surface area contributed by atoms with E-state index in [1.807, 2.05) is 0 Å². The van der Waals surface area contributed by atoms with Crippen LogP contribution in [0.3, 0.4) is 0 Å². The van der Waals surface area contributed by atoms with Crippen molar-refractivity contribution in [2.75, 3.05) is 6.54 Å². The molecule has 1 aliphatic rings. The molecule has 0 bridgehead atoms. The van der Waals surface area contributed by atoms with Crippen molar-refractivity contribution < 1.29 is 18.5 Å². The topological polar surface area (TPSA) is 3.24 Å². The predicted octanol–water partition coefficient (Wildman–Crippen LogP) is 9.36. The van der Waals surface area contributed by atoms with E-state index in [0.29, 0.717) is 0 Å². The molecule has 0 amide bonds. The zero-order valence-electron chi connectivity index (χ0n) is 19.3. The molecule has 0 aromatic rings. The number of hydrogen-bond donors (Lipinski definition) is 0. The van der Waals surface area contributed by atoms with E-state index < -0.39 is 0 Å². The molecule has 0 aromatic heterocycles. The van der Waals surface area contributed by atoms with Crippen LogP contribution in [0, 0.1) is 0 Å². The first-order valence-corrected chi connectivity index (χ1v) is 16.5. The number of nitrogens with zero attached hydrogens (tertiary/aromatic N) is 1. The average Bonchev–Trinajstić information content (AvgIpc) is 2.76. The SMILES string of the molecule is CCCCCCCCCCCCCCCCCCN(C(=S)[S][Mo])C1CCCCC1. The van der Waals surface area contributed by atoms with E-state index >= 15 is 0 Å². The molecule has 0 aliphatic heterocycles. The van der Waals surface area contributed by atoms with Crippen LogP contribution >= 0.6 is 21.7 Å². The molecule has 1 rings (SSSR count). The zero-order valence-corrected chi connectivity index (χ0v) is 22.9. The molecular formula is C25H48MoNS2. The summed E-state index contributed by atoms with van der Waals surface area (Å²) in [4.78, 5) is 2.57. The second-order valence-corrected chi connectivity index (χ2v) is 11.6. The van der Waals surface area contributed by atoms with Gasteiger partial charge in [0.1, 0.15) is 0 Å². The van der Waals surface area contributed by atoms with Crippen LogP contribution in [-0.2, 0) is 18.5 Å². The minimum absolute atomic E-state index is 0.738. The van der Waals surface area contributed by atoms with Gasteiger partial charge < -0.3 is 0 Å². The summed E-state index contributed by atoms with van der Waals surface area (Å²) >= 11 is 7.73. The summed E-state index contributed by atoms with van der Waals surface area (Å²) in [5.74, 6) is 0. The first-order valence-electron chi connectivity index (χ1n) is 12.9. The Labute approximate surface area is 202 Å². The summed E-state index contributed by atoms with van der Waals surface area (Å²) in [6.07, 6.45) is 30.0. The van der Waals surface area contributed by atoms with E-state index in [1.165, 1.54) is 141 Å². The standard InChI is InChI=1S/C25H49NS2.Mo/c1-2-3-4-5-6-7-8-9-10-11-12-13-14-15-16-20-23-26(25(27)28)24-21-18-17-19-22-24;/h24H,2-23H2,1H3,(H,27,28);/q;+1/p-1. The van der Waals surface area contributed by atoms with Crippen molar-refractivity contribution >= 4 is 26.0 Å². The van der Waals surface area contributed by atoms with Crippen LogP contribution < -0.4 is 0 Å². The molecular weight excluding hydrogens is 474 g/mol. The van der Waals surface area contributed by atoms with Crippen molar-refractivity contribution in [1.82, 2.24) is 4.90 Å². The Kier molecular flexibility index (Phi) is 20.1. The summed E-state index contributed by atoms with van der Waals surface area (Å²) < 4.78 is 1.14. The van der Waals surface area contributed by atoms with Gasteiger partial charge in [-0.2, -0.15) is 0 Å². The molecule has 0 heterocycles. The summed E-state index contributed by atoms with van der Waals surface area (Å²) in [7, 11) is 1.78. The second kappa shape index (κ2) is 20.8. The molecule has 0 saturated heterocycles. The molecule has 1 saturated carbocycles. The average molecular weight is 523 g/mol. The molecule has 4 heteroatoms. The van der Waals surface area contributed by atoms with Crippen LogP contribution in [0.2, 0.25) is 0 Å². The second-order valence-electron chi connectivity index (χ2n) is 9.14. The molecule has 0 unspecified atom stereocenters. The molecule has 29 heavy (non-hydrogen) atoms. The van der Waals surface area contributed by atoms with Crippen LogP contribution in [0.1, 0.15) is 142 Å². The molecule has 1 nitrogen and oxygen atoms in total. The number of thiocarbonyl (C=S) groups is 1. The van der Waals surface area contributed by atoms with Gasteiger partial charge in [0.05, 0.1) is 0 Å². The van der Waals surface area contributed by atoms with E-state index in [2.05, 4.69) is 30.4 Å². The Morgan fingerprint density at radius 2 is 1.14 bits per heavy atom. The van der Waals surface area contributed by atoms with Crippen LogP contribution in [0.25, 0.3) is 0 Å². The van der Waals surface area contributed by atoms with Crippen molar-refractivity contribution in [3.05, 3.63) is 0 Å². The molecule has 0 radical (unpaired) electrons. The molecule has 0 atom stereocenters. The van der Waals surface area contributed by atoms with Crippen molar-refractivity contribution in [3.63, 3.8) is 0 Å². The van der Waals surface area contributed by atoms with Gasteiger partial charge in [0, 0.05) is 0 Å². The quantitative estimate of drug-likeness (QED) is 0.100. The van der Waals surface area contributed by atoms with Crippen molar-refractivity contribution in [2.45, 2.75) is 148 Å². The molecule has 0 N–H and O–H groups in total. The Balaban J connectivity index is 1.89.